The van der Waals surface area contributed by atoms with Gasteiger partial charge in [0.2, 0.25) is 8.32 Å². The second-order valence-corrected chi connectivity index (χ2v) is 17.8. The summed E-state index contributed by atoms with van der Waals surface area (Å²) in [5.74, 6) is 0.520. The Morgan fingerprint density at radius 2 is 1.62 bits per heavy atom. The van der Waals surface area contributed by atoms with Crippen molar-refractivity contribution in [3.05, 3.63) is 63.7 Å². The number of carbonyl (C=O) groups is 1. The third kappa shape index (κ3) is 5.99. The first-order valence-electron chi connectivity index (χ1n) is 14.5. The van der Waals surface area contributed by atoms with Crippen LogP contribution in [0, 0.1) is 0 Å². The Morgan fingerprint density at radius 3 is 2.25 bits per heavy atom. The predicted octanol–water partition coefficient (Wildman–Crippen LogP) is 8.36. The fraction of sp³-hybridized carbons (Fsp3) is 0.516. The minimum absolute atomic E-state index is 0.203. The number of urea groups is 1. The van der Waals surface area contributed by atoms with Crippen molar-refractivity contribution in [2.45, 2.75) is 103 Å². The molecule has 1 fully saturated rings. The number of carbonyl (C=O) groups excluding carboxylic acids is 1. The Labute approximate surface area is 243 Å². The summed E-state index contributed by atoms with van der Waals surface area (Å²) in [5.41, 5.74) is 2.57. The number of hydrogen-bond donors (Lipinski definition) is 2. The van der Waals surface area contributed by atoms with Crippen molar-refractivity contribution in [2.75, 3.05) is 5.32 Å². The van der Waals surface area contributed by atoms with Gasteiger partial charge in [0.1, 0.15) is 11.9 Å². The number of nitrogens with zero attached hydrogens (tertiary/aromatic N) is 2. The Kier molecular flexibility index (Phi) is 9.43. The molecule has 1 aliphatic carbocycles. The van der Waals surface area contributed by atoms with Gasteiger partial charge >= 0.3 is 6.03 Å². The summed E-state index contributed by atoms with van der Waals surface area (Å²) < 4.78 is 8.67. The SMILES string of the molecule is CC(O[Si](C(C)C)(C(C)C)C(C)C)c1nc2cccc(Cl)c2c(=O)n1-c1cccc(NC(=O)NC2CCCC2)c1. The smallest absolute Gasteiger partial charge is 0.319 e. The molecule has 40 heavy (non-hydrogen) atoms. The molecule has 216 valence electrons. The van der Waals surface area contributed by atoms with Crippen molar-refractivity contribution >= 4 is 42.5 Å². The molecule has 0 bridgehead atoms. The Balaban J connectivity index is 1.81. The molecule has 1 aliphatic rings. The minimum Gasteiger partial charge on any atom is -0.406 e. The number of rotatable bonds is 9. The molecule has 3 aromatic rings. The maximum atomic E-state index is 14.1. The summed E-state index contributed by atoms with van der Waals surface area (Å²) in [5, 5.41) is 6.71. The molecule has 1 atom stereocenters. The van der Waals surface area contributed by atoms with Gasteiger partial charge in [-0.3, -0.25) is 9.36 Å². The molecule has 7 nitrogen and oxygen atoms in total. The van der Waals surface area contributed by atoms with Gasteiger partial charge in [-0.05, 0) is 66.7 Å². The molecule has 1 unspecified atom stereocenters. The first-order valence-corrected chi connectivity index (χ1v) is 17.0. The highest BCUT2D eigenvalue weighted by molar-refractivity contribution is 6.77. The van der Waals surface area contributed by atoms with Crippen molar-refractivity contribution in [3.8, 4) is 5.69 Å². The van der Waals surface area contributed by atoms with Crippen LogP contribution in [-0.4, -0.2) is 29.9 Å². The molecule has 0 radical (unpaired) electrons. The van der Waals surface area contributed by atoms with Gasteiger partial charge in [-0.1, -0.05) is 78.1 Å². The van der Waals surface area contributed by atoms with Crippen molar-refractivity contribution in [1.29, 1.82) is 0 Å². The van der Waals surface area contributed by atoms with E-state index in [1.807, 2.05) is 31.2 Å². The molecular weight excluding hydrogens is 540 g/mol. The van der Waals surface area contributed by atoms with Crippen LogP contribution >= 0.6 is 11.6 Å². The zero-order valence-electron chi connectivity index (χ0n) is 24.8. The Bertz CT molecular complexity index is 1390. The summed E-state index contributed by atoms with van der Waals surface area (Å²) in [4.78, 5) is 31.8. The fourth-order valence-corrected chi connectivity index (χ4v) is 12.4. The lowest BCUT2D eigenvalue weighted by atomic mass is 10.2. The number of hydrogen-bond acceptors (Lipinski definition) is 4. The number of fused-ring (bicyclic) bond motifs is 1. The van der Waals surface area contributed by atoms with Crippen LogP contribution in [0.1, 0.15) is 86.1 Å². The average molecular weight is 583 g/mol. The molecule has 0 saturated heterocycles. The molecule has 2 aromatic carbocycles. The quantitative estimate of drug-likeness (QED) is 0.248. The average Bonchev–Trinajstić information content (AvgIpc) is 3.39. The van der Waals surface area contributed by atoms with Crippen LogP contribution in [0.25, 0.3) is 16.6 Å². The van der Waals surface area contributed by atoms with E-state index in [4.69, 9.17) is 21.0 Å². The van der Waals surface area contributed by atoms with E-state index < -0.39 is 14.4 Å². The summed E-state index contributed by atoms with van der Waals surface area (Å²) >= 11 is 6.52. The predicted molar refractivity (Wildman–Crippen MR) is 167 cm³/mol. The molecule has 4 rings (SSSR count). The Morgan fingerprint density at radius 1 is 1.00 bits per heavy atom. The molecule has 2 amide bonds. The molecule has 0 spiro atoms. The third-order valence-corrected chi connectivity index (χ3v) is 14.9. The van der Waals surface area contributed by atoms with Crippen LogP contribution in [0.4, 0.5) is 10.5 Å². The first-order chi connectivity index (χ1) is 19.0. The van der Waals surface area contributed by atoms with E-state index >= 15 is 0 Å². The highest BCUT2D eigenvalue weighted by Gasteiger charge is 2.46. The first kappa shape index (κ1) is 30.3. The maximum absolute atomic E-state index is 14.1. The number of anilines is 1. The van der Waals surface area contributed by atoms with Gasteiger partial charge in [0, 0.05) is 11.7 Å². The summed E-state index contributed by atoms with van der Waals surface area (Å²) in [6.45, 7) is 15.4. The number of amides is 2. The summed E-state index contributed by atoms with van der Waals surface area (Å²) in [6, 6.07) is 12.6. The van der Waals surface area contributed by atoms with E-state index in [1.54, 1.807) is 22.8 Å². The van der Waals surface area contributed by atoms with E-state index in [9.17, 15) is 9.59 Å². The van der Waals surface area contributed by atoms with Crippen molar-refractivity contribution in [3.63, 3.8) is 0 Å². The van der Waals surface area contributed by atoms with Crippen LogP contribution in [0.3, 0.4) is 0 Å². The zero-order chi connectivity index (χ0) is 29.2. The van der Waals surface area contributed by atoms with Gasteiger partial charge < -0.3 is 15.1 Å². The zero-order valence-corrected chi connectivity index (χ0v) is 26.5. The van der Waals surface area contributed by atoms with E-state index in [1.165, 1.54) is 0 Å². The number of benzene rings is 2. The van der Waals surface area contributed by atoms with Crippen molar-refractivity contribution in [2.24, 2.45) is 0 Å². The molecule has 2 N–H and O–H groups in total. The van der Waals surface area contributed by atoms with Crippen LogP contribution < -0.4 is 16.2 Å². The third-order valence-electron chi connectivity index (χ3n) is 8.38. The minimum atomic E-state index is -2.29. The van der Waals surface area contributed by atoms with Crippen LogP contribution in [-0.2, 0) is 4.43 Å². The van der Waals surface area contributed by atoms with E-state index in [-0.39, 0.29) is 17.6 Å². The normalized spacial score (nSPS) is 15.4. The number of nitrogens with one attached hydrogen (secondary N) is 2. The van der Waals surface area contributed by atoms with E-state index in [0.29, 0.717) is 49.7 Å². The lowest BCUT2D eigenvalue weighted by Crippen LogP contribution is -2.48. The molecule has 0 aliphatic heterocycles. The monoisotopic (exact) mass is 582 g/mol. The molecular formula is C31H43ClN4O3Si. The topological polar surface area (TPSA) is 85.2 Å². The fourth-order valence-electron chi connectivity index (χ4n) is 6.64. The number of aromatic nitrogens is 2. The Hall–Kier alpha value is -2.68. The van der Waals surface area contributed by atoms with Crippen LogP contribution in [0.2, 0.25) is 21.6 Å². The van der Waals surface area contributed by atoms with Gasteiger partial charge in [-0.25, -0.2) is 9.78 Å². The van der Waals surface area contributed by atoms with Crippen molar-refractivity contribution in [1.82, 2.24) is 14.9 Å². The second kappa shape index (κ2) is 12.5. The van der Waals surface area contributed by atoms with Gasteiger partial charge in [0.25, 0.3) is 5.56 Å². The van der Waals surface area contributed by atoms with Gasteiger partial charge in [-0.15, -0.1) is 0 Å². The van der Waals surface area contributed by atoms with Gasteiger partial charge in [0.05, 0.1) is 21.6 Å². The molecule has 1 saturated carbocycles. The summed E-state index contributed by atoms with van der Waals surface area (Å²) in [7, 11) is -2.29. The molecule has 9 heteroatoms. The van der Waals surface area contributed by atoms with E-state index in [0.717, 1.165) is 25.7 Å². The second-order valence-electron chi connectivity index (χ2n) is 12.0. The summed E-state index contributed by atoms with van der Waals surface area (Å²) in [6.07, 6.45) is 3.83. The number of halogens is 1. The van der Waals surface area contributed by atoms with Gasteiger partial charge in [0.15, 0.2) is 0 Å². The van der Waals surface area contributed by atoms with E-state index in [2.05, 4.69) is 52.2 Å². The molecule has 1 aromatic heterocycles. The highest BCUT2D eigenvalue weighted by Crippen LogP contribution is 2.45. The highest BCUT2D eigenvalue weighted by atomic mass is 35.5. The maximum Gasteiger partial charge on any atom is 0.319 e. The standard InChI is InChI=1S/C31H43ClN4O3Si/c1-19(2)40(20(3)4,21(5)6)39-22(7)29-35-27-17-11-16-26(32)28(27)30(37)36(29)25-15-10-14-24(18-25)34-31(38)33-23-12-8-9-13-23/h10-11,14-23H,8-9,12-13H2,1-7H3,(H2,33,34,38). The van der Waals surface area contributed by atoms with Crippen molar-refractivity contribution < 1.29 is 9.22 Å². The lowest BCUT2D eigenvalue weighted by molar-refractivity contribution is 0.183. The van der Waals surface area contributed by atoms with Crippen LogP contribution in [0.5, 0.6) is 0 Å². The van der Waals surface area contributed by atoms with Crippen LogP contribution in [0.15, 0.2) is 47.3 Å². The lowest BCUT2D eigenvalue weighted by Gasteiger charge is -2.44. The van der Waals surface area contributed by atoms with Gasteiger partial charge in [-0.2, -0.15) is 0 Å². The largest absolute Gasteiger partial charge is 0.406 e. The molecule has 1 heterocycles.